The summed E-state index contributed by atoms with van der Waals surface area (Å²) in [6, 6.07) is 10.8. The van der Waals surface area contributed by atoms with Gasteiger partial charge >= 0.3 is 0 Å². The van der Waals surface area contributed by atoms with Crippen molar-refractivity contribution in [2.75, 3.05) is 30.3 Å². The average molecular weight is 440 g/mol. The van der Waals surface area contributed by atoms with Crippen molar-refractivity contribution in [3.8, 4) is 5.69 Å². The first-order chi connectivity index (χ1) is 15.3. The topological polar surface area (TPSA) is 54.3 Å². The predicted molar refractivity (Wildman–Crippen MR) is 125 cm³/mol. The van der Waals surface area contributed by atoms with Crippen LogP contribution in [0.2, 0.25) is 0 Å². The number of hydrogen-bond acceptors (Lipinski definition) is 5. The number of carbonyl (C=O) groups excluding carboxylic acids is 1. The van der Waals surface area contributed by atoms with Crippen molar-refractivity contribution < 1.29 is 4.79 Å². The number of carbonyl (C=O) groups is 1. The maximum absolute atomic E-state index is 13.2. The van der Waals surface area contributed by atoms with E-state index in [0.717, 1.165) is 48.8 Å². The van der Waals surface area contributed by atoms with Crippen molar-refractivity contribution in [1.82, 2.24) is 19.7 Å². The van der Waals surface area contributed by atoms with Gasteiger partial charge in [-0.15, -0.1) is 10.2 Å². The molecule has 3 heterocycles. The lowest BCUT2D eigenvalue weighted by Crippen LogP contribution is -2.50. The molecule has 0 bridgehead atoms. The van der Waals surface area contributed by atoms with Crippen molar-refractivity contribution in [1.29, 1.82) is 0 Å². The number of amides is 1. The van der Waals surface area contributed by atoms with Crippen LogP contribution in [0.4, 0.5) is 5.95 Å². The third kappa shape index (κ3) is 4.47. The monoisotopic (exact) mass is 439 g/mol. The van der Waals surface area contributed by atoms with Gasteiger partial charge in [-0.05, 0) is 63.0 Å². The first-order valence-corrected chi connectivity index (χ1v) is 13.0. The average Bonchev–Trinajstić information content (AvgIpc) is 3.27. The minimum absolute atomic E-state index is 0.267. The van der Waals surface area contributed by atoms with Crippen LogP contribution >= 0.6 is 11.8 Å². The summed E-state index contributed by atoms with van der Waals surface area (Å²) in [7, 11) is 0. The molecule has 2 aromatic rings. The Bertz CT molecular complexity index is 877. The van der Waals surface area contributed by atoms with Gasteiger partial charge < -0.3 is 9.80 Å². The molecule has 1 aromatic carbocycles. The van der Waals surface area contributed by atoms with Crippen molar-refractivity contribution in [2.24, 2.45) is 5.92 Å². The zero-order valence-electron chi connectivity index (χ0n) is 18.3. The molecule has 5 rings (SSSR count). The van der Waals surface area contributed by atoms with Gasteiger partial charge in [0.25, 0.3) is 0 Å². The normalized spacial score (nSPS) is 24.1. The molecular formula is C24H33N5OS. The van der Waals surface area contributed by atoms with E-state index >= 15 is 0 Å². The third-order valence-electron chi connectivity index (χ3n) is 7.16. The van der Waals surface area contributed by atoms with Crippen molar-refractivity contribution in [3.63, 3.8) is 0 Å². The number of nitrogens with zero attached hydrogens (tertiary/aromatic N) is 5. The van der Waals surface area contributed by atoms with E-state index in [0.29, 0.717) is 11.8 Å². The van der Waals surface area contributed by atoms with Gasteiger partial charge in [0, 0.05) is 25.7 Å². The molecular weight excluding hydrogens is 406 g/mol. The summed E-state index contributed by atoms with van der Waals surface area (Å²) in [5, 5.41) is 9.91. The molecule has 3 aliphatic rings. The zero-order valence-corrected chi connectivity index (χ0v) is 19.1. The number of piperidine rings is 2. The Balaban J connectivity index is 1.34. The van der Waals surface area contributed by atoms with Crippen LogP contribution in [0, 0.1) is 5.92 Å². The molecule has 2 atom stereocenters. The Morgan fingerprint density at radius 1 is 0.903 bits per heavy atom. The van der Waals surface area contributed by atoms with Gasteiger partial charge in [0.1, 0.15) is 0 Å². The summed E-state index contributed by atoms with van der Waals surface area (Å²) >= 11 is 1.54. The van der Waals surface area contributed by atoms with Crippen LogP contribution in [0.1, 0.15) is 57.8 Å². The predicted octanol–water partition coefficient (Wildman–Crippen LogP) is 4.53. The molecule has 0 spiro atoms. The van der Waals surface area contributed by atoms with Gasteiger partial charge in [-0.1, -0.05) is 42.8 Å². The SMILES string of the molecule is O=C(CSc1nnc(N2CCCCC2)n1-c1ccccc1)N1CCC[C@H]2CCCC[C@@H]21. The number of thioether (sulfide) groups is 1. The molecule has 31 heavy (non-hydrogen) atoms. The first kappa shape index (κ1) is 20.9. The van der Waals surface area contributed by atoms with Gasteiger partial charge in [0.15, 0.2) is 5.16 Å². The second kappa shape index (κ2) is 9.63. The standard InChI is InChI=1S/C24H33N5OS/c30-22(28-17-9-11-19-10-5-6-14-21(19)28)18-31-24-26-25-23(27-15-7-2-8-16-27)29(24)20-12-3-1-4-13-20/h1,3-4,12-13,19,21H,2,5-11,14-18H2/t19-,21+/m1/s1. The van der Waals surface area contributed by atoms with Crippen LogP contribution in [-0.4, -0.2) is 57.0 Å². The van der Waals surface area contributed by atoms with Gasteiger partial charge in [-0.25, -0.2) is 0 Å². The summed E-state index contributed by atoms with van der Waals surface area (Å²) in [6.07, 6.45) is 11.2. The molecule has 0 radical (unpaired) electrons. The molecule has 3 fully saturated rings. The minimum atomic E-state index is 0.267. The van der Waals surface area contributed by atoms with Crippen molar-refractivity contribution in [2.45, 2.75) is 69.0 Å². The number of fused-ring (bicyclic) bond motifs is 1. The number of para-hydroxylation sites is 1. The zero-order chi connectivity index (χ0) is 21.0. The third-order valence-corrected chi connectivity index (χ3v) is 8.07. The molecule has 1 aliphatic carbocycles. The molecule has 1 aromatic heterocycles. The second-order valence-corrected chi connectivity index (χ2v) is 10.1. The summed E-state index contributed by atoms with van der Waals surface area (Å²) in [6.45, 7) is 2.96. The summed E-state index contributed by atoms with van der Waals surface area (Å²) in [4.78, 5) is 17.7. The highest BCUT2D eigenvalue weighted by atomic mass is 32.2. The van der Waals surface area contributed by atoms with Crippen molar-refractivity contribution >= 4 is 23.6 Å². The van der Waals surface area contributed by atoms with Gasteiger partial charge in [0.2, 0.25) is 11.9 Å². The fourth-order valence-corrected chi connectivity index (χ4v) is 6.43. The second-order valence-electron chi connectivity index (χ2n) is 9.13. The van der Waals surface area contributed by atoms with E-state index in [2.05, 4.69) is 36.7 Å². The molecule has 6 nitrogen and oxygen atoms in total. The molecule has 1 saturated carbocycles. The Morgan fingerprint density at radius 2 is 1.68 bits per heavy atom. The summed E-state index contributed by atoms with van der Waals surface area (Å²) in [5.74, 6) is 2.33. The number of benzene rings is 1. The number of likely N-dealkylation sites (tertiary alicyclic amines) is 1. The summed E-state index contributed by atoms with van der Waals surface area (Å²) < 4.78 is 2.14. The van der Waals surface area contributed by atoms with Crippen LogP contribution in [0.5, 0.6) is 0 Å². The Morgan fingerprint density at radius 3 is 2.52 bits per heavy atom. The molecule has 0 unspecified atom stereocenters. The van der Waals surface area contributed by atoms with Crippen LogP contribution in [0.15, 0.2) is 35.5 Å². The molecule has 166 valence electrons. The van der Waals surface area contributed by atoms with Crippen molar-refractivity contribution in [3.05, 3.63) is 30.3 Å². The molecule has 7 heteroatoms. The lowest BCUT2D eigenvalue weighted by molar-refractivity contribution is -0.134. The van der Waals surface area contributed by atoms with Crippen LogP contribution < -0.4 is 4.90 Å². The Kier molecular flexibility index (Phi) is 6.48. The number of aromatic nitrogens is 3. The lowest BCUT2D eigenvalue weighted by Gasteiger charge is -2.44. The van der Waals surface area contributed by atoms with Gasteiger partial charge in [-0.2, -0.15) is 0 Å². The highest BCUT2D eigenvalue weighted by molar-refractivity contribution is 7.99. The van der Waals surface area contributed by atoms with Gasteiger partial charge in [0.05, 0.1) is 11.4 Å². The Labute approximate surface area is 189 Å². The maximum Gasteiger partial charge on any atom is 0.233 e. The molecule has 2 aliphatic heterocycles. The Hall–Kier alpha value is -2.02. The first-order valence-electron chi connectivity index (χ1n) is 12.0. The van der Waals surface area contributed by atoms with E-state index in [9.17, 15) is 4.79 Å². The van der Waals surface area contributed by atoms with Crippen LogP contribution in [-0.2, 0) is 4.79 Å². The fraction of sp³-hybridized carbons (Fsp3) is 0.625. The highest BCUT2D eigenvalue weighted by Gasteiger charge is 2.35. The smallest absolute Gasteiger partial charge is 0.233 e. The summed E-state index contributed by atoms with van der Waals surface area (Å²) in [5.41, 5.74) is 1.06. The quantitative estimate of drug-likeness (QED) is 0.641. The molecule has 2 saturated heterocycles. The fourth-order valence-electron chi connectivity index (χ4n) is 5.60. The largest absolute Gasteiger partial charge is 0.341 e. The lowest BCUT2D eigenvalue weighted by atomic mass is 9.78. The minimum Gasteiger partial charge on any atom is -0.341 e. The van der Waals surface area contributed by atoms with E-state index in [4.69, 9.17) is 0 Å². The molecule has 0 N–H and O–H groups in total. The van der Waals surface area contributed by atoms with Crippen LogP contribution in [0.25, 0.3) is 5.69 Å². The van der Waals surface area contributed by atoms with Crippen LogP contribution in [0.3, 0.4) is 0 Å². The number of rotatable bonds is 5. The van der Waals surface area contributed by atoms with E-state index in [-0.39, 0.29) is 5.91 Å². The van der Waals surface area contributed by atoms with E-state index in [1.54, 1.807) is 0 Å². The number of anilines is 1. The maximum atomic E-state index is 13.2. The molecule has 1 amide bonds. The number of hydrogen-bond donors (Lipinski definition) is 0. The van der Waals surface area contributed by atoms with E-state index < -0.39 is 0 Å². The van der Waals surface area contributed by atoms with Gasteiger partial charge in [-0.3, -0.25) is 9.36 Å². The van der Waals surface area contributed by atoms with E-state index in [1.807, 2.05) is 18.2 Å². The highest BCUT2D eigenvalue weighted by Crippen LogP contribution is 2.36. The van der Waals surface area contributed by atoms with E-state index in [1.165, 1.54) is 63.1 Å².